The van der Waals surface area contributed by atoms with Crippen LogP contribution in [0.3, 0.4) is 0 Å². The highest BCUT2D eigenvalue weighted by atomic mass is 32.2. The predicted molar refractivity (Wildman–Crippen MR) is 62.8 cm³/mol. The maximum Gasteiger partial charge on any atom is 0.217 e. The Morgan fingerprint density at radius 1 is 1.59 bits per heavy atom. The van der Waals surface area contributed by atoms with Crippen molar-refractivity contribution < 1.29 is 18.0 Å². The summed E-state index contributed by atoms with van der Waals surface area (Å²) >= 11 is 0. The summed E-state index contributed by atoms with van der Waals surface area (Å²) in [5.74, 6) is 0.338. The second kappa shape index (κ2) is 6.13. The number of hydrogen-bond donors (Lipinski definition) is 2. The molecule has 1 aromatic heterocycles. The van der Waals surface area contributed by atoms with Crippen LogP contribution in [0.15, 0.2) is 10.6 Å². The molecule has 98 valence electrons. The number of aliphatic hydroxyl groups is 1. The van der Waals surface area contributed by atoms with Crippen LogP contribution in [0.2, 0.25) is 0 Å². The molecule has 0 saturated carbocycles. The average Bonchev–Trinajstić information content (AvgIpc) is 2.61. The van der Waals surface area contributed by atoms with Gasteiger partial charge in [-0.25, -0.2) is 13.1 Å². The van der Waals surface area contributed by atoms with Crippen molar-refractivity contribution in [1.29, 1.82) is 0 Å². The second-order valence-electron chi connectivity index (χ2n) is 3.98. The van der Waals surface area contributed by atoms with Crippen molar-refractivity contribution in [2.24, 2.45) is 0 Å². The summed E-state index contributed by atoms with van der Waals surface area (Å²) in [4.78, 5) is 0. The molecule has 7 heteroatoms. The molecule has 0 bridgehead atoms. The van der Waals surface area contributed by atoms with Crippen LogP contribution >= 0.6 is 0 Å². The largest absolute Gasteiger partial charge is 0.392 e. The Labute approximate surface area is 101 Å². The van der Waals surface area contributed by atoms with Crippen LogP contribution in [0.4, 0.5) is 0 Å². The lowest BCUT2D eigenvalue weighted by Gasteiger charge is -2.10. The molecule has 6 nitrogen and oxygen atoms in total. The molecular weight excluding hydrogens is 244 g/mol. The topological polar surface area (TPSA) is 92.4 Å². The summed E-state index contributed by atoms with van der Waals surface area (Å²) < 4.78 is 30.4. The lowest BCUT2D eigenvalue weighted by atomic mass is 10.2. The number of rotatable bonds is 7. The van der Waals surface area contributed by atoms with Crippen LogP contribution in [0.1, 0.15) is 31.2 Å². The highest BCUT2D eigenvalue weighted by Crippen LogP contribution is 2.06. The summed E-state index contributed by atoms with van der Waals surface area (Å²) in [5.41, 5.74) is 0.361. The van der Waals surface area contributed by atoms with Gasteiger partial charge in [0.05, 0.1) is 6.10 Å². The van der Waals surface area contributed by atoms with Gasteiger partial charge in [-0.1, -0.05) is 18.5 Å². The molecule has 0 aliphatic heterocycles. The van der Waals surface area contributed by atoms with Crippen molar-refractivity contribution >= 4 is 10.0 Å². The van der Waals surface area contributed by atoms with Gasteiger partial charge in [0, 0.05) is 12.6 Å². The van der Waals surface area contributed by atoms with Gasteiger partial charge in [-0.15, -0.1) is 0 Å². The number of aliphatic hydroxyl groups excluding tert-OH is 1. The number of nitrogens with zero attached hydrogens (tertiary/aromatic N) is 1. The second-order valence-corrected chi connectivity index (χ2v) is 5.79. The Kier molecular flexibility index (Phi) is 5.10. The van der Waals surface area contributed by atoms with Crippen LogP contribution in [-0.2, 0) is 15.8 Å². The van der Waals surface area contributed by atoms with Crippen LogP contribution in [0, 0.1) is 6.92 Å². The first kappa shape index (κ1) is 14.1. The third kappa shape index (κ3) is 5.29. The van der Waals surface area contributed by atoms with Crippen molar-refractivity contribution in [1.82, 2.24) is 9.88 Å². The van der Waals surface area contributed by atoms with E-state index in [1.165, 1.54) is 0 Å². The Morgan fingerprint density at radius 2 is 2.29 bits per heavy atom. The van der Waals surface area contributed by atoms with E-state index in [0.29, 0.717) is 17.9 Å². The van der Waals surface area contributed by atoms with E-state index in [1.54, 1.807) is 13.0 Å². The first-order chi connectivity index (χ1) is 7.93. The molecule has 0 saturated heterocycles. The first-order valence-corrected chi connectivity index (χ1v) is 7.15. The van der Waals surface area contributed by atoms with E-state index in [-0.39, 0.29) is 12.3 Å². The van der Waals surface area contributed by atoms with Gasteiger partial charge in [-0.3, -0.25) is 0 Å². The quantitative estimate of drug-likeness (QED) is 0.749. The molecule has 1 atom stereocenters. The number of aryl methyl sites for hydroxylation is 1. The standard InChI is InChI=1S/C10H18N2O4S/c1-3-4-10(13)6-11-17(14,15)7-9-5-8(2)16-12-9/h5,10-11,13H,3-4,6-7H2,1-2H3. The van der Waals surface area contributed by atoms with Crippen molar-refractivity contribution in [2.45, 2.75) is 38.5 Å². The normalized spacial score (nSPS) is 13.8. The van der Waals surface area contributed by atoms with Gasteiger partial charge in [0.15, 0.2) is 0 Å². The summed E-state index contributed by atoms with van der Waals surface area (Å²) in [7, 11) is -3.47. The zero-order valence-electron chi connectivity index (χ0n) is 10.0. The van der Waals surface area contributed by atoms with E-state index in [9.17, 15) is 13.5 Å². The van der Waals surface area contributed by atoms with Gasteiger partial charge >= 0.3 is 0 Å². The molecule has 1 rings (SSSR count). The van der Waals surface area contributed by atoms with Gasteiger partial charge in [0.1, 0.15) is 17.2 Å². The fraction of sp³-hybridized carbons (Fsp3) is 0.700. The predicted octanol–water partition coefficient (Wildman–Crippen LogP) is 0.563. The van der Waals surface area contributed by atoms with Gasteiger partial charge in [0.25, 0.3) is 0 Å². The van der Waals surface area contributed by atoms with Crippen LogP contribution in [0.5, 0.6) is 0 Å². The van der Waals surface area contributed by atoms with E-state index in [4.69, 9.17) is 4.52 Å². The maximum absolute atomic E-state index is 11.6. The molecule has 0 aliphatic rings. The van der Waals surface area contributed by atoms with E-state index >= 15 is 0 Å². The van der Waals surface area contributed by atoms with Crippen molar-refractivity contribution in [3.63, 3.8) is 0 Å². The molecule has 1 heterocycles. The minimum Gasteiger partial charge on any atom is -0.392 e. The molecule has 0 radical (unpaired) electrons. The van der Waals surface area contributed by atoms with E-state index in [0.717, 1.165) is 6.42 Å². The summed E-state index contributed by atoms with van der Waals surface area (Å²) in [6, 6.07) is 1.57. The first-order valence-electron chi connectivity index (χ1n) is 5.50. The molecule has 0 spiro atoms. The molecule has 0 fully saturated rings. The van der Waals surface area contributed by atoms with E-state index in [1.807, 2.05) is 6.92 Å². The van der Waals surface area contributed by atoms with E-state index < -0.39 is 16.1 Å². The van der Waals surface area contributed by atoms with Crippen LogP contribution in [0.25, 0.3) is 0 Å². The molecule has 1 aromatic rings. The number of nitrogens with one attached hydrogen (secondary N) is 1. The van der Waals surface area contributed by atoms with E-state index in [2.05, 4.69) is 9.88 Å². The Hall–Kier alpha value is -0.920. The van der Waals surface area contributed by atoms with Gasteiger partial charge in [-0.2, -0.15) is 0 Å². The summed E-state index contributed by atoms with van der Waals surface area (Å²) in [6.45, 7) is 3.66. The van der Waals surface area contributed by atoms with Crippen molar-refractivity contribution in [2.75, 3.05) is 6.54 Å². The Morgan fingerprint density at radius 3 is 2.82 bits per heavy atom. The minimum atomic E-state index is -3.47. The average molecular weight is 262 g/mol. The Balaban J connectivity index is 2.46. The van der Waals surface area contributed by atoms with Crippen LogP contribution in [-0.4, -0.2) is 31.3 Å². The number of aromatic nitrogens is 1. The monoisotopic (exact) mass is 262 g/mol. The van der Waals surface area contributed by atoms with Crippen LogP contribution < -0.4 is 4.72 Å². The lowest BCUT2D eigenvalue weighted by Crippen LogP contribution is -2.32. The third-order valence-corrected chi connectivity index (χ3v) is 3.46. The third-order valence-electron chi connectivity index (χ3n) is 2.18. The number of hydrogen-bond acceptors (Lipinski definition) is 5. The molecule has 0 aliphatic carbocycles. The zero-order chi connectivity index (χ0) is 12.9. The van der Waals surface area contributed by atoms with Gasteiger partial charge < -0.3 is 9.63 Å². The van der Waals surface area contributed by atoms with Crippen molar-refractivity contribution in [3.8, 4) is 0 Å². The summed E-state index contributed by atoms with van der Waals surface area (Å²) in [6.07, 6.45) is 0.741. The number of sulfonamides is 1. The van der Waals surface area contributed by atoms with Gasteiger partial charge in [-0.05, 0) is 13.3 Å². The minimum absolute atomic E-state index is 0.0347. The SMILES string of the molecule is CCCC(O)CNS(=O)(=O)Cc1cc(C)on1. The molecule has 17 heavy (non-hydrogen) atoms. The zero-order valence-corrected chi connectivity index (χ0v) is 10.8. The molecule has 0 amide bonds. The maximum atomic E-state index is 11.6. The smallest absolute Gasteiger partial charge is 0.217 e. The molecule has 1 unspecified atom stereocenters. The fourth-order valence-electron chi connectivity index (χ4n) is 1.39. The van der Waals surface area contributed by atoms with Gasteiger partial charge in [0.2, 0.25) is 10.0 Å². The molecule has 0 aromatic carbocycles. The Bertz CT molecular complexity index is 441. The lowest BCUT2D eigenvalue weighted by molar-refractivity contribution is 0.167. The molecule has 2 N–H and O–H groups in total. The summed E-state index contributed by atoms with van der Waals surface area (Å²) in [5, 5.41) is 13.0. The molecular formula is C10H18N2O4S. The highest BCUT2D eigenvalue weighted by molar-refractivity contribution is 7.88. The highest BCUT2D eigenvalue weighted by Gasteiger charge is 2.15. The van der Waals surface area contributed by atoms with Crippen molar-refractivity contribution in [3.05, 3.63) is 17.5 Å². The fourth-order valence-corrected chi connectivity index (χ4v) is 2.46.